The largest absolute Gasteiger partial charge is 0.476 e. The highest BCUT2D eigenvalue weighted by molar-refractivity contribution is 4.97. The van der Waals surface area contributed by atoms with E-state index in [0.717, 1.165) is 13.8 Å². The van der Waals surface area contributed by atoms with Crippen LogP contribution in [0.15, 0.2) is 24.0 Å². The number of hydrogen-bond donors (Lipinski definition) is 0. The van der Waals surface area contributed by atoms with Gasteiger partial charge in [0.2, 0.25) is 0 Å². The van der Waals surface area contributed by atoms with E-state index in [1.165, 1.54) is 0 Å². The van der Waals surface area contributed by atoms with Gasteiger partial charge in [-0.3, -0.25) is 0 Å². The first-order chi connectivity index (χ1) is 13.6. The van der Waals surface area contributed by atoms with Crippen LogP contribution in [0, 0.1) is 0 Å². The molecular weight excluding hydrogens is 482 g/mol. The third-order valence-electron chi connectivity index (χ3n) is 2.84. The zero-order valence-corrected chi connectivity index (χ0v) is 15.1. The van der Waals surface area contributed by atoms with Gasteiger partial charge in [0, 0.05) is 0 Å². The molecule has 0 radical (unpaired) electrons. The summed E-state index contributed by atoms with van der Waals surface area (Å²) in [7, 11) is 0. The molecule has 0 aliphatic carbocycles. The Kier molecular flexibility index (Phi) is 8.56. The molecule has 0 aromatic heterocycles. The quantitative estimate of drug-likeness (QED) is 0.239. The second-order valence-electron chi connectivity index (χ2n) is 5.35. The second-order valence-corrected chi connectivity index (χ2v) is 5.35. The Bertz CT molecular complexity index is 604. The molecule has 0 bridgehead atoms. The highest BCUT2D eigenvalue weighted by Crippen LogP contribution is 2.49. The number of ether oxygens (including phenoxy) is 3. The molecule has 31 heavy (non-hydrogen) atoms. The summed E-state index contributed by atoms with van der Waals surface area (Å²) in [6.45, 7) is 2.03. The maximum atomic E-state index is 13.3. The fraction of sp³-hybridized carbons (Fsp3) is 0.714. The Labute approximate surface area is 164 Å². The summed E-state index contributed by atoms with van der Waals surface area (Å²) in [6, 6.07) is 0. The fourth-order valence-electron chi connectivity index (χ4n) is 1.35. The van der Waals surface area contributed by atoms with E-state index < -0.39 is 61.1 Å². The molecule has 0 saturated carbocycles. The monoisotopic (exact) mass is 494 g/mol. The van der Waals surface area contributed by atoms with Gasteiger partial charge in [0.25, 0.3) is 11.9 Å². The predicted molar refractivity (Wildman–Crippen MR) is 71.9 cm³/mol. The molecular formula is C14H12F14O3. The third kappa shape index (κ3) is 6.44. The lowest BCUT2D eigenvalue weighted by Crippen LogP contribution is -2.53. The van der Waals surface area contributed by atoms with Crippen LogP contribution in [0.3, 0.4) is 0 Å². The lowest BCUT2D eigenvalue weighted by atomic mass is 10.3. The lowest BCUT2D eigenvalue weighted by molar-refractivity contribution is -0.429. The SMILES string of the molecule is CCC=C(OC(=CCC)OC(F)(F)C(F)(F)C(F)(F)F)OC(F)(F)C(F)(F)C(F)(F)F. The van der Waals surface area contributed by atoms with Crippen LogP contribution in [0.2, 0.25) is 0 Å². The first-order valence-electron chi connectivity index (χ1n) is 7.68. The molecule has 0 aromatic carbocycles. The van der Waals surface area contributed by atoms with Crippen LogP contribution in [0.4, 0.5) is 61.5 Å². The molecule has 0 atom stereocenters. The van der Waals surface area contributed by atoms with Crippen molar-refractivity contribution in [3.8, 4) is 0 Å². The molecule has 184 valence electrons. The molecule has 0 spiro atoms. The van der Waals surface area contributed by atoms with E-state index in [4.69, 9.17) is 0 Å². The molecule has 0 unspecified atom stereocenters. The molecule has 0 heterocycles. The molecule has 0 aliphatic rings. The second kappa shape index (κ2) is 9.18. The average Bonchev–Trinajstić information content (AvgIpc) is 2.51. The fourth-order valence-corrected chi connectivity index (χ4v) is 1.35. The Morgan fingerprint density at radius 3 is 1.00 bits per heavy atom. The number of rotatable bonds is 10. The zero-order valence-electron chi connectivity index (χ0n) is 15.1. The van der Waals surface area contributed by atoms with Crippen LogP contribution in [0.5, 0.6) is 0 Å². The number of allylic oxidation sites excluding steroid dienone is 2. The average molecular weight is 494 g/mol. The van der Waals surface area contributed by atoms with Gasteiger partial charge in [0.05, 0.1) is 0 Å². The molecule has 0 rings (SSSR count). The number of hydrogen-bond acceptors (Lipinski definition) is 3. The number of alkyl halides is 14. The predicted octanol–water partition coefficient (Wildman–Crippen LogP) is 7.12. The van der Waals surface area contributed by atoms with Crippen molar-refractivity contribution in [2.24, 2.45) is 0 Å². The van der Waals surface area contributed by atoms with Crippen LogP contribution >= 0.6 is 0 Å². The maximum Gasteiger partial charge on any atom is 0.476 e. The van der Waals surface area contributed by atoms with E-state index in [9.17, 15) is 61.5 Å². The van der Waals surface area contributed by atoms with Gasteiger partial charge in [-0.15, -0.1) is 0 Å². The first-order valence-corrected chi connectivity index (χ1v) is 7.68. The van der Waals surface area contributed by atoms with Crippen molar-refractivity contribution in [2.75, 3.05) is 0 Å². The topological polar surface area (TPSA) is 27.7 Å². The molecule has 17 heteroatoms. The zero-order chi connectivity index (χ0) is 25.1. The minimum absolute atomic E-state index is 0.160. The highest BCUT2D eigenvalue weighted by Gasteiger charge is 2.77. The van der Waals surface area contributed by atoms with Crippen molar-refractivity contribution in [1.29, 1.82) is 0 Å². The minimum Gasteiger partial charge on any atom is -0.396 e. The third-order valence-corrected chi connectivity index (χ3v) is 2.84. The van der Waals surface area contributed by atoms with Crippen molar-refractivity contribution in [3.63, 3.8) is 0 Å². The van der Waals surface area contributed by atoms with Gasteiger partial charge in [-0.1, -0.05) is 13.8 Å². The summed E-state index contributed by atoms with van der Waals surface area (Å²) < 4.78 is 188. The van der Waals surface area contributed by atoms with Crippen LogP contribution in [0.1, 0.15) is 26.7 Å². The van der Waals surface area contributed by atoms with Crippen molar-refractivity contribution in [1.82, 2.24) is 0 Å². The van der Waals surface area contributed by atoms with Gasteiger partial charge in [0.15, 0.2) is 0 Å². The Hall–Kier alpha value is -2.10. The summed E-state index contributed by atoms with van der Waals surface area (Å²) in [4.78, 5) is 0. The molecule has 0 N–H and O–H groups in total. The molecule has 0 aromatic rings. The van der Waals surface area contributed by atoms with Gasteiger partial charge in [-0.2, -0.15) is 61.5 Å². The van der Waals surface area contributed by atoms with Crippen molar-refractivity contribution < 1.29 is 75.7 Å². The molecule has 0 aliphatic heterocycles. The summed E-state index contributed by atoms with van der Waals surface area (Å²) in [6.07, 6.45) is -27.4. The van der Waals surface area contributed by atoms with Crippen LogP contribution < -0.4 is 0 Å². The van der Waals surface area contributed by atoms with E-state index in [1.54, 1.807) is 0 Å². The van der Waals surface area contributed by atoms with Gasteiger partial charge < -0.3 is 14.2 Å². The van der Waals surface area contributed by atoms with Gasteiger partial charge in [0.1, 0.15) is 0 Å². The van der Waals surface area contributed by atoms with Crippen LogP contribution in [-0.4, -0.2) is 36.4 Å². The van der Waals surface area contributed by atoms with Crippen molar-refractivity contribution >= 4 is 0 Å². The van der Waals surface area contributed by atoms with E-state index in [0.29, 0.717) is 0 Å². The van der Waals surface area contributed by atoms with Gasteiger partial charge in [-0.25, -0.2) is 0 Å². The molecule has 3 nitrogen and oxygen atoms in total. The standard InChI is InChI=1S/C14H12F14O3/c1-3-5-7(30-13(25,26)9(15,16)11(19,20)21)29-8(6-4-2)31-14(27,28)10(17,18)12(22,23)24/h5-6H,3-4H2,1-2H3. The summed E-state index contributed by atoms with van der Waals surface area (Å²) in [5.41, 5.74) is 0. The van der Waals surface area contributed by atoms with E-state index >= 15 is 0 Å². The molecule has 0 fully saturated rings. The smallest absolute Gasteiger partial charge is 0.396 e. The van der Waals surface area contributed by atoms with E-state index in [2.05, 4.69) is 14.2 Å². The van der Waals surface area contributed by atoms with Crippen LogP contribution in [0.25, 0.3) is 0 Å². The number of halogens is 14. The normalized spacial score (nSPS) is 15.7. The van der Waals surface area contributed by atoms with E-state index in [-0.39, 0.29) is 12.2 Å². The van der Waals surface area contributed by atoms with Crippen molar-refractivity contribution in [2.45, 2.75) is 63.1 Å². The maximum absolute atomic E-state index is 13.3. The highest BCUT2D eigenvalue weighted by atomic mass is 19.4. The van der Waals surface area contributed by atoms with Gasteiger partial charge in [-0.05, 0) is 25.0 Å². The molecule has 0 saturated heterocycles. The first kappa shape index (κ1) is 28.9. The minimum atomic E-state index is -6.87. The summed E-state index contributed by atoms with van der Waals surface area (Å²) in [5, 5.41) is 0. The Balaban J connectivity index is 5.92. The van der Waals surface area contributed by atoms with Crippen molar-refractivity contribution in [3.05, 3.63) is 24.0 Å². The summed E-state index contributed by atoms with van der Waals surface area (Å²) in [5.74, 6) is -17.9. The lowest BCUT2D eigenvalue weighted by Gasteiger charge is -2.30. The molecule has 0 amide bonds. The van der Waals surface area contributed by atoms with E-state index in [1.807, 2.05) is 0 Å². The Morgan fingerprint density at radius 2 is 0.806 bits per heavy atom. The van der Waals surface area contributed by atoms with Crippen LogP contribution in [-0.2, 0) is 14.2 Å². The Morgan fingerprint density at radius 1 is 0.548 bits per heavy atom. The van der Waals surface area contributed by atoms with Gasteiger partial charge >= 0.3 is 36.4 Å². The summed E-state index contributed by atoms with van der Waals surface area (Å²) >= 11 is 0.